The summed E-state index contributed by atoms with van der Waals surface area (Å²) < 4.78 is 10.4. The largest absolute Gasteiger partial charge is 0.447 e. The lowest BCUT2D eigenvalue weighted by molar-refractivity contribution is 0.0292. The van der Waals surface area contributed by atoms with Gasteiger partial charge in [0.2, 0.25) is 0 Å². The molecule has 1 aromatic carbocycles. The average Bonchev–Trinajstić information content (AvgIpc) is 3.02. The van der Waals surface area contributed by atoms with Crippen LogP contribution in [0.1, 0.15) is 26.3 Å². The second-order valence-corrected chi connectivity index (χ2v) is 6.64. The number of benzene rings is 1. The number of fused-ring (bicyclic) bond motifs is 1. The molecule has 122 valence electrons. The van der Waals surface area contributed by atoms with Crippen LogP contribution in [0.4, 0.5) is 9.59 Å². The molecule has 2 amide bonds. The van der Waals surface area contributed by atoms with Gasteiger partial charge in [-0.05, 0) is 38.8 Å². The summed E-state index contributed by atoms with van der Waals surface area (Å²) in [5.41, 5.74) is 1.40. The van der Waals surface area contributed by atoms with Crippen LogP contribution in [0.5, 0.6) is 0 Å². The smallest absolute Gasteiger partial charge is 0.420 e. The number of nitrogens with one attached hydrogen (secondary N) is 1. The number of aromatic amines is 1. The fraction of sp³-hybridized carbons (Fsp3) is 0.412. The summed E-state index contributed by atoms with van der Waals surface area (Å²) in [6.07, 6.45) is 1.12. The second kappa shape index (κ2) is 5.61. The summed E-state index contributed by atoms with van der Waals surface area (Å²) in [6, 6.07) is 7.55. The molecule has 1 aliphatic rings. The number of aromatic nitrogens is 1. The Morgan fingerprint density at radius 1 is 1.39 bits per heavy atom. The molecule has 23 heavy (non-hydrogen) atoms. The molecule has 1 aromatic heterocycles. The minimum absolute atomic E-state index is 0.178. The molecule has 2 aromatic rings. The Morgan fingerprint density at radius 3 is 2.87 bits per heavy atom. The maximum absolute atomic E-state index is 12.3. The van der Waals surface area contributed by atoms with Crippen LogP contribution in [0.15, 0.2) is 30.5 Å². The van der Waals surface area contributed by atoms with Crippen LogP contribution in [0.3, 0.4) is 0 Å². The minimum Gasteiger partial charge on any atom is -0.447 e. The first-order valence-electron chi connectivity index (χ1n) is 7.59. The van der Waals surface area contributed by atoms with E-state index in [-0.39, 0.29) is 12.6 Å². The van der Waals surface area contributed by atoms with E-state index in [1.807, 2.05) is 30.5 Å². The number of H-pyrrole nitrogens is 1. The van der Waals surface area contributed by atoms with Crippen molar-refractivity contribution in [2.75, 3.05) is 6.61 Å². The Hall–Kier alpha value is -2.50. The molecular weight excluding hydrogens is 296 g/mol. The molecule has 1 saturated heterocycles. The predicted octanol–water partition coefficient (Wildman–Crippen LogP) is 3.47. The number of amides is 2. The number of rotatable bonds is 2. The standard InChI is InChI=1S/C17H20N2O4/c1-17(2,3)23-16(21)19-12(10-22-15(19)20)8-11-9-18-14-7-5-4-6-13(11)14/h4-7,9,12,18H,8,10H2,1-3H3/t12-/m0/s1. The molecule has 1 fully saturated rings. The Labute approximate surface area is 134 Å². The lowest BCUT2D eigenvalue weighted by Gasteiger charge is -2.25. The molecule has 0 saturated carbocycles. The van der Waals surface area contributed by atoms with Gasteiger partial charge in [0.25, 0.3) is 0 Å². The Kier molecular flexibility index (Phi) is 3.75. The minimum atomic E-state index is -0.662. The number of carbonyl (C=O) groups is 2. The number of hydrogen-bond acceptors (Lipinski definition) is 4. The first-order valence-corrected chi connectivity index (χ1v) is 7.59. The van der Waals surface area contributed by atoms with Crippen molar-refractivity contribution in [2.45, 2.75) is 38.8 Å². The summed E-state index contributed by atoms with van der Waals surface area (Å²) in [7, 11) is 0. The highest BCUT2D eigenvalue weighted by Crippen LogP contribution is 2.24. The third-order valence-corrected chi connectivity index (χ3v) is 3.68. The van der Waals surface area contributed by atoms with E-state index >= 15 is 0 Å². The number of hydrogen-bond donors (Lipinski definition) is 1. The van der Waals surface area contributed by atoms with Crippen molar-refractivity contribution < 1.29 is 19.1 Å². The maximum Gasteiger partial charge on any atom is 0.420 e. The van der Waals surface area contributed by atoms with Gasteiger partial charge in [0.1, 0.15) is 12.2 Å². The number of nitrogens with zero attached hydrogens (tertiary/aromatic N) is 1. The van der Waals surface area contributed by atoms with Crippen molar-refractivity contribution in [1.82, 2.24) is 9.88 Å². The van der Waals surface area contributed by atoms with E-state index in [1.54, 1.807) is 20.8 Å². The van der Waals surface area contributed by atoms with Crippen LogP contribution >= 0.6 is 0 Å². The van der Waals surface area contributed by atoms with E-state index in [1.165, 1.54) is 0 Å². The van der Waals surface area contributed by atoms with E-state index in [0.29, 0.717) is 6.42 Å². The van der Waals surface area contributed by atoms with Crippen molar-refractivity contribution in [3.8, 4) is 0 Å². The van der Waals surface area contributed by atoms with Gasteiger partial charge < -0.3 is 14.5 Å². The summed E-state index contributed by atoms with van der Waals surface area (Å²) >= 11 is 0. The zero-order valence-corrected chi connectivity index (χ0v) is 13.5. The third kappa shape index (κ3) is 3.16. The van der Waals surface area contributed by atoms with Crippen molar-refractivity contribution in [3.63, 3.8) is 0 Å². The second-order valence-electron chi connectivity index (χ2n) is 6.64. The normalized spacial score (nSPS) is 18.3. The molecule has 2 heterocycles. The fourth-order valence-electron chi connectivity index (χ4n) is 2.70. The molecule has 6 heteroatoms. The molecule has 1 atom stereocenters. The summed E-state index contributed by atoms with van der Waals surface area (Å²) in [6.45, 7) is 5.47. The number of carbonyl (C=O) groups excluding carboxylic acids is 2. The number of ether oxygens (including phenoxy) is 2. The van der Waals surface area contributed by atoms with Gasteiger partial charge in [-0.25, -0.2) is 14.5 Å². The fourth-order valence-corrected chi connectivity index (χ4v) is 2.70. The Balaban J connectivity index is 1.81. The van der Waals surface area contributed by atoms with Gasteiger partial charge in [0, 0.05) is 17.1 Å². The topological polar surface area (TPSA) is 71.6 Å². The lowest BCUT2D eigenvalue weighted by atomic mass is 10.1. The van der Waals surface area contributed by atoms with Crippen LogP contribution in [0.2, 0.25) is 0 Å². The van der Waals surface area contributed by atoms with Gasteiger partial charge in [0.05, 0.1) is 6.04 Å². The van der Waals surface area contributed by atoms with Crippen LogP contribution in [-0.4, -0.2) is 40.3 Å². The highest BCUT2D eigenvalue weighted by molar-refractivity contribution is 5.90. The van der Waals surface area contributed by atoms with Crippen LogP contribution in [0, 0.1) is 0 Å². The number of imide groups is 1. The van der Waals surface area contributed by atoms with Crippen LogP contribution in [-0.2, 0) is 15.9 Å². The van der Waals surface area contributed by atoms with E-state index in [0.717, 1.165) is 21.4 Å². The van der Waals surface area contributed by atoms with Crippen molar-refractivity contribution in [2.24, 2.45) is 0 Å². The molecule has 0 bridgehead atoms. The van der Waals surface area contributed by atoms with Crippen LogP contribution in [0.25, 0.3) is 10.9 Å². The highest BCUT2D eigenvalue weighted by atomic mass is 16.6. The number of para-hydroxylation sites is 1. The molecule has 0 unspecified atom stereocenters. The maximum atomic E-state index is 12.3. The molecule has 1 aliphatic heterocycles. The van der Waals surface area contributed by atoms with Crippen molar-refractivity contribution >= 4 is 23.1 Å². The lowest BCUT2D eigenvalue weighted by Crippen LogP contribution is -2.43. The van der Waals surface area contributed by atoms with E-state index in [2.05, 4.69) is 4.98 Å². The monoisotopic (exact) mass is 316 g/mol. The Morgan fingerprint density at radius 2 is 2.13 bits per heavy atom. The van der Waals surface area contributed by atoms with Gasteiger partial charge in [0.15, 0.2) is 0 Å². The quantitative estimate of drug-likeness (QED) is 0.921. The molecule has 0 spiro atoms. The summed E-state index contributed by atoms with van der Waals surface area (Å²) in [4.78, 5) is 28.4. The first kappa shape index (κ1) is 15.4. The Bertz CT molecular complexity index is 744. The number of cyclic esters (lactones) is 1. The van der Waals surface area contributed by atoms with E-state index in [4.69, 9.17) is 9.47 Å². The molecule has 3 rings (SSSR count). The van der Waals surface area contributed by atoms with Gasteiger partial charge in [-0.2, -0.15) is 0 Å². The van der Waals surface area contributed by atoms with E-state index < -0.39 is 17.8 Å². The van der Waals surface area contributed by atoms with E-state index in [9.17, 15) is 9.59 Å². The first-order chi connectivity index (χ1) is 10.8. The molecular formula is C17H20N2O4. The third-order valence-electron chi connectivity index (χ3n) is 3.68. The van der Waals surface area contributed by atoms with Crippen LogP contribution < -0.4 is 0 Å². The molecule has 1 N–H and O–H groups in total. The van der Waals surface area contributed by atoms with Crippen molar-refractivity contribution in [3.05, 3.63) is 36.0 Å². The van der Waals surface area contributed by atoms with Crippen molar-refractivity contribution in [1.29, 1.82) is 0 Å². The zero-order chi connectivity index (χ0) is 16.6. The summed E-state index contributed by atoms with van der Waals surface area (Å²) in [5.74, 6) is 0. The van der Waals surface area contributed by atoms with Gasteiger partial charge in [-0.1, -0.05) is 18.2 Å². The van der Waals surface area contributed by atoms with Gasteiger partial charge in [-0.3, -0.25) is 0 Å². The molecule has 0 aliphatic carbocycles. The summed E-state index contributed by atoms with van der Waals surface area (Å²) in [5, 5.41) is 1.08. The predicted molar refractivity (Wildman–Crippen MR) is 85.2 cm³/mol. The van der Waals surface area contributed by atoms with Gasteiger partial charge in [-0.15, -0.1) is 0 Å². The highest BCUT2D eigenvalue weighted by Gasteiger charge is 2.40. The average molecular weight is 316 g/mol. The van der Waals surface area contributed by atoms with Gasteiger partial charge >= 0.3 is 12.2 Å². The SMILES string of the molecule is CC(C)(C)OC(=O)N1C(=O)OC[C@@H]1Cc1c[nH]c2ccccc12. The molecule has 6 nitrogen and oxygen atoms in total. The molecule has 0 radical (unpaired) electrons. The zero-order valence-electron chi connectivity index (χ0n) is 13.5.